The number of carbonyl (C=O) groups excluding carboxylic acids is 1. The molecule has 0 aliphatic rings. The van der Waals surface area contributed by atoms with Crippen molar-refractivity contribution in [3.63, 3.8) is 0 Å². The summed E-state index contributed by atoms with van der Waals surface area (Å²) in [6.07, 6.45) is 3.53. The van der Waals surface area contributed by atoms with Crippen molar-refractivity contribution < 1.29 is 9.53 Å². The molecule has 0 radical (unpaired) electrons. The van der Waals surface area contributed by atoms with E-state index < -0.39 is 0 Å². The number of aromatic nitrogens is 2. The molecule has 0 saturated carbocycles. The lowest BCUT2D eigenvalue weighted by Gasteiger charge is -2.05. The Labute approximate surface area is 132 Å². The first kappa shape index (κ1) is 14.4. The molecule has 0 fully saturated rings. The molecule has 0 aliphatic carbocycles. The predicted octanol–water partition coefficient (Wildman–Crippen LogP) is 3.97. The van der Waals surface area contributed by atoms with E-state index in [2.05, 4.69) is 9.97 Å². The summed E-state index contributed by atoms with van der Waals surface area (Å²) in [7, 11) is 1.38. The fourth-order valence-corrected chi connectivity index (χ4v) is 2.97. The third-order valence-electron chi connectivity index (χ3n) is 3.35. The van der Waals surface area contributed by atoms with Crippen molar-refractivity contribution in [2.75, 3.05) is 7.11 Å². The average molecular weight is 310 g/mol. The smallest absolute Gasteiger partial charge is 0.337 e. The highest BCUT2D eigenvalue weighted by atomic mass is 32.1. The van der Waals surface area contributed by atoms with Gasteiger partial charge in [0.05, 0.1) is 18.4 Å². The second kappa shape index (κ2) is 6.07. The van der Waals surface area contributed by atoms with Gasteiger partial charge in [-0.15, -0.1) is 11.3 Å². The first-order valence-corrected chi connectivity index (χ1v) is 7.62. The zero-order chi connectivity index (χ0) is 15.5. The van der Waals surface area contributed by atoms with Crippen LogP contribution in [0.5, 0.6) is 0 Å². The van der Waals surface area contributed by atoms with Crippen molar-refractivity contribution in [1.29, 1.82) is 0 Å². The highest BCUT2D eigenvalue weighted by Gasteiger charge is 2.12. The third kappa shape index (κ3) is 2.76. The number of carbonyl (C=O) groups is 1. The Bertz CT molecular complexity index is 813. The number of esters is 1. The van der Waals surface area contributed by atoms with E-state index in [1.54, 1.807) is 29.8 Å². The first-order valence-electron chi connectivity index (χ1n) is 6.74. The summed E-state index contributed by atoms with van der Waals surface area (Å²) in [4.78, 5) is 20.5. The molecule has 2 heterocycles. The summed E-state index contributed by atoms with van der Waals surface area (Å²) in [5.41, 5.74) is 4.37. The molecule has 0 atom stereocenters. The molecule has 0 spiro atoms. The summed E-state index contributed by atoms with van der Waals surface area (Å²) in [6.45, 7) is 2.00. The van der Waals surface area contributed by atoms with Gasteiger partial charge in [0.25, 0.3) is 0 Å². The molecule has 0 bridgehead atoms. The van der Waals surface area contributed by atoms with Crippen molar-refractivity contribution in [2.24, 2.45) is 0 Å². The first-order chi connectivity index (χ1) is 10.7. The van der Waals surface area contributed by atoms with E-state index in [4.69, 9.17) is 4.74 Å². The number of methoxy groups -OCH3 is 1. The molecule has 3 rings (SSSR count). The van der Waals surface area contributed by atoms with Crippen LogP contribution in [0.1, 0.15) is 15.9 Å². The van der Waals surface area contributed by atoms with Crippen LogP contribution in [0.3, 0.4) is 0 Å². The van der Waals surface area contributed by atoms with E-state index in [1.165, 1.54) is 7.11 Å². The second-order valence-electron chi connectivity index (χ2n) is 4.80. The van der Waals surface area contributed by atoms with Gasteiger partial charge in [-0.05, 0) is 36.8 Å². The van der Waals surface area contributed by atoms with Crippen LogP contribution in [0.15, 0.2) is 48.1 Å². The van der Waals surface area contributed by atoms with Gasteiger partial charge in [-0.2, -0.15) is 0 Å². The SMILES string of the molecule is COC(=O)c1ccc(C)c(-c2csc(-c3cccnc3)n2)c1. The largest absolute Gasteiger partial charge is 0.465 e. The Hall–Kier alpha value is -2.53. The third-order valence-corrected chi connectivity index (χ3v) is 4.24. The normalized spacial score (nSPS) is 10.5. The summed E-state index contributed by atoms with van der Waals surface area (Å²) < 4.78 is 4.78. The molecule has 110 valence electrons. The number of benzene rings is 1. The van der Waals surface area contributed by atoms with Crippen LogP contribution < -0.4 is 0 Å². The van der Waals surface area contributed by atoms with Gasteiger partial charge in [-0.1, -0.05) is 6.07 Å². The lowest BCUT2D eigenvalue weighted by molar-refractivity contribution is 0.0601. The summed E-state index contributed by atoms with van der Waals surface area (Å²) in [5.74, 6) is -0.344. The molecule has 22 heavy (non-hydrogen) atoms. The molecule has 4 nitrogen and oxygen atoms in total. The molecule has 2 aromatic heterocycles. The molecule has 0 saturated heterocycles. The van der Waals surface area contributed by atoms with Crippen LogP contribution in [0.2, 0.25) is 0 Å². The number of thiazole rings is 1. The fraction of sp³-hybridized carbons (Fsp3) is 0.118. The Balaban J connectivity index is 2.01. The van der Waals surface area contributed by atoms with Crippen molar-refractivity contribution >= 4 is 17.3 Å². The number of rotatable bonds is 3. The topological polar surface area (TPSA) is 52.1 Å². The van der Waals surface area contributed by atoms with E-state index in [0.717, 1.165) is 27.4 Å². The Morgan fingerprint density at radius 1 is 1.27 bits per heavy atom. The molecule has 0 unspecified atom stereocenters. The molecular formula is C17H14N2O2S. The van der Waals surface area contributed by atoms with Gasteiger partial charge in [0, 0.05) is 28.9 Å². The van der Waals surface area contributed by atoms with Crippen molar-refractivity contribution in [2.45, 2.75) is 6.92 Å². The lowest BCUT2D eigenvalue weighted by Crippen LogP contribution is -2.01. The number of aryl methyl sites for hydroxylation is 1. The Morgan fingerprint density at radius 3 is 2.86 bits per heavy atom. The second-order valence-corrected chi connectivity index (χ2v) is 5.66. The van der Waals surface area contributed by atoms with Gasteiger partial charge in [0.1, 0.15) is 5.01 Å². The van der Waals surface area contributed by atoms with Crippen LogP contribution in [-0.4, -0.2) is 23.0 Å². The van der Waals surface area contributed by atoms with Gasteiger partial charge in [-0.25, -0.2) is 9.78 Å². The minimum atomic E-state index is -0.344. The number of pyridine rings is 1. The maximum absolute atomic E-state index is 11.7. The van der Waals surface area contributed by atoms with Gasteiger partial charge in [0.2, 0.25) is 0 Å². The fourth-order valence-electron chi connectivity index (χ4n) is 2.16. The van der Waals surface area contributed by atoms with E-state index in [0.29, 0.717) is 5.56 Å². The maximum Gasteiger partial charge on any atom is 0.337 e. The van der Waals surface area contributed by atoms with Gasteiger partial charge >= 0.3 is 5.97 Å². The van der Waals surface area contributed by atoms with Crippen molar-refractivity contribution in [1.82, 2.24) is 9.97 Å². The number of ether oxygens (including phenoxy) is 1. The molecule has 0 amide bonds. The van der Waals surface area contributed by atoms with E-state index in [1.807, 2.05) is 36.6 Å². The molecular weight excluding hydrogens is 296 g/mol. The van der Waals surface area contributed by atoms with Gasteiger partial charge in [0.15, 0.2) is 0 Å². The monoisotopic (exact) mass is 310 g/mol. The van der Waals surface area contributed by atoms with Crippen LogP contribution in [0.25, 0.3) is 21.8 Å². The zero-order valence-electron chi connectivity index (χ0n) is 12.2. The van der Waals surface area contributed by atoms with Crippen molar-refractivity contribution in [3.05, 3.63) is 59.2 Å². The van der Waals surface area contributed by atoms with Gasteiger partial charge in [-0.3, -0.25) is 4.98 Å². The number of hydrogen-bond donors (Lipinski definition) is 0. The minimum absolute atomic E-state index is 0.344. The van der Waals surface area contributed by atoms with Gasteiger partial charge < -0.3 is 4.74 Å². The van der Waals surface area contributed by atoms with Crippen molar-refractivity contribution in [3.8, 4) is 21.8 Å². The summed E-state index contributed by atoms with van der Waals surface area (Å²) in [5, 5.41) is 2.90. The number of nitrogens with zero attached hydrogens (tertiary/aromatic N) is 2. The highest BCUT2D eigenvalue weighted by molar-refractivity contribution is 7.13. The Kier molecular flexibility index (Phi) is 3.98. The maximum atomic E-state index is 11.7. The molecule has 3 aromatic rings. The zero-order valence-corrected chi connectivity index (χ0v) is 13.1. The molecule has 5 heteroatoms. The molecule has 0 aliphatic heterocycles. The standard InChI is InChI=1S/C17H14N2O2S/c1-11-5-6-12(17(20)21-2)8-14(11)15-10-22-16(19-15)13-4-3-7-18-9-13/h3-10H,1-2H3. The lowest BCUT2D eigenvalue weighted by atomic mass is 10.0. The van der Waals surface area contributed by atoms with E-state index in [-0.39, 0.29) is 5.97 Å². The minimum Gasteiger partial charge on any atom is -0.465 e. The van der Waals surface area contributed by atoms with E-state index in [9.17, 15) is 4.79 Å². The van der Waals surface area contributed by atoms with Crippen LogP contribution in [-0.2, 0) is 4.74 Å². The Morgan fingerprint density at radius 2 is 2.14 bits per heavy atom. The summed E-state index contributed by atoms with van der Waals surface area (Å²) in [6, 6.07) is 9.36. The highest BCUT2D eigenvalue weighted by Crippen LogP contribution is 2.30. The average Bonchev–Trinajstić information content (AvgIpc) is 3.05. The van der Waals surface area contributed by atoms with Crippen LogP contribution in [0, 0.1) is 6.92 Å². The molecule has 1 aromatic carbocycles. The molecule has 0 N–H and O–H groups in total. The van der Waals surface area contributed by atoms with E-state index >= 15 is 0 Å². The van der Waals surface area contributed by atoms with Crippen LogP contribution in [0.4, 0.5) is 0 Å². The predicted molar refractivity (Wildman–Crippen MR) is 86.9 cm³/mol. The van der Waals surface area contributed by atoms with Crippen LogP contribution >= 0.6 is 11.3 Å². The summed E-state index contributed by atoms with van der Waals surface area (Å²) >= 11 is 1.56. The quantitative estimate of drug-likeness (QED) is 0.687. The number of hydrogen-bond acceptors (Lipinski definition) is 5.